The first-order valence-electron chi connectivity index (χ1n) is 11.6. The molecule has 0 N–H and O–H groups in total. The summed E-state index contributed by atoms with van der Waals surface area (Å²) in [4.78, 5) is 30.8. The number of hydrogen-bond acceptors (Lipinski definition) is 9. The first-order valence-corrected chi connectivity index (χ1v) is 12.5. The third-order valence-corrected chi connectivity index (χ3v) is 6.94. The van der Waals surface area contributed by atoms with Gasteiger partial charge in [0.15, 0.2) is 0 Å². The molecule has 182 valence electrons. The van der Waals surface area contributed by atoms with Gasteiger partial charge in [0.2, 0.25) is 17.6 Å². The van der Waals surface area contributed by atoms with Gasteiger partial charge in [0.05, 0.1) is 18.7 Å². The third-order valence-electron chi connectivity index (χ3n) is 6.26. The van der Waals surface area contributed by atoms with Crippen LogP contribution in [0, 0.1) is 27.7 Å². The zero-order chi connectivity index (χ0) is 24.5. The molecule has 0 spiro atoms. The van der Waals surface area contributed by atoms with Crippen LogP contribution in [0.4, 0.5) is 0 Å². The smallest absolute Gasteiger partial charge is 0.251 e. The van der Waals surface area contributed by atoms with Crippen molar-refractivity contribution in [2.45, 2.75) is 40.7 Å². The molecule has 0 unspecified atom stereocenters. The Bertz CT molecular complexity index is 1320. The lowest BCUT2D eigenvalue weighted by Crippen LogP contribution is -2.48. The quantitative estimate of drug-likeness (QED) is 0.405. The number of thiophene rings is 1. The molecule has 0 aliphatic carbocycles. The summed E-state index contributed by atoms with van der Waals surface area (Å²) >= 11 is 1.60. The Balaban J connectivity index is 1.19. The average molecular weight is 493 g/mol. The highest BCUT2D eigenvalue weighted by molar-refractivity contribution is 7.08. The molecule has 0 saturated carbocycles. The van der Waals surface area contributed by atoms with Gasteiger partial charge >= 0.3 is 0 Å². The summed E-state index contributed by atoms with van der Waals surface area (Å²) in [6.07, 6.45) is 0.316. The number of rotatable bonds is 6. The molecule has 1 saturated heterocycles. The largest absolute Gasteiger partial charge is 0.340 e. The summed E-state index contributed by atoms with van der Waals surface area (Å²) in [6.45, 7) is 11.2. The molecule has 0 atom stereocenters. The molecular formula is C24H28N8O2S. The summed E-state index contributed by atoms with van der Waals surface area (Å²) in [7, 11) is 0. The fourth-order valence-corrected chi connectivity index (χ4v) is 5.00. The molecule has 5 rings (SSSR count). The Morgan fingerprint density at radius 1 is 1.06 bits per heavy atom. The van der Waals surface area contributed by atoms with Crippen molar-refractivity contribution in [3.8, 4) is 17.3 Å². The number of nitrogens with zero attached hydrogens (tertiary/aromatic N) is 8. The molecule has 4 aromatic heterocycles. The van der Waals surface area contributed by atoms with Crippen molar-refractivity contribution in [2.24, 2.45) is 0 Å². The van der Waals surface area contributed by atoms with Crippen LogP contribution in [0.5, 0.6) is 0 Å². The Morgan fingerprint density at radius 2 is 1.80 bits per heavy atom. The lowest BCUT2D eigenvalue weighted by atomic mass is 10.1. The molecule has 4 aromatic rings. The van der Waals surface area contributed by atoms with Gasteiger partial charge in [-0.15, -0.1) is 0 Å². The number of carbonyl (C=O) groups is 1. The number of hydrogen-bond donors (Lipinski definition) is 0. The van der Waals surface area contributed by atoms with E-state index in [2.05, 4.69) is 30.1 Å². The lowest BCUT2D eigenvalue weighted by Gasteiger charge is -2.34. The van der Waals surface area contributed by atoms with Crippen LogP contribution in [0.1, 0.15) is 34.2 Å². The molecule has 35 heavy (non-hydrogen) atoms. The van der Waals surface area contributed by atoms with Crippen molar-refractivity contribution >= 4 is 17.2 Å². The highest BCUT2D eigenvalue weighted by Crippen LogP contribution is 2.21. The van der Waals surface area contributed by atoms with E-state index in [1.54, 1.807) is 16.0 Å². The normalized spacial score (nSPS) is 14.6. The van der Waals surface area contributed by atoms with Crippen molar-refractivity contribution in [3.63, 3.8) is 0 Å². The van der Waals surface area contributed by atoms with Crippen LogP contribution in [0.15, 0.2) is 27.4 Å². The van der Waals surface area contributed by atoms with E-state index in [9.17, 15) is 4.79 Å². The van der Waals surface area contributed by atoms with E-state index >= 15 is 0 Å². The summed E-state index contributed by atoms with van der Waals surface area (Å²) in [6, 6.07) is 3.91. The maximum atomic E-state index is 13.1. The highest BCUT2D eigenvalue weighted by Gasteiger charge is 2.25. The van der Waals surface area contributed by atoms with E-state index in [0.717, 1.165) is 47.0 Å². The second kappa shape index (κ2) is 9.67. The van der Waals surface area contributed by atoms with Gasteiger partial charge in [-0.2, -0.15) is 21.4 Å². The van der Waals surface area contributed by atoms with Crippen LogP contribution in [-0.4, -0.2) is 71.8 Å². The molecule has 0 radical (unpaired) electrons. The van der Waals surface area contributed by atoms with E-state index in [0.29, 0.717) is 43.7 Å². The van der Waals surface area contributed by atoms with Crippen molar-refractivity contribution < 1.29 is 9.32 Å². The van der Waals surface area contributed by atoms with Crippen LogP contribution < -0.4 is 0 Å². The monoisotopic (exact) mass is 492 g/mol. The SMILES string of the molecule is Cc1cc(C)nc(-n2nc(C)c(CC(=O)N3CCN(Cc4nc(-c5ccsc5)no4)CC3)c2C)n1. The van der Waals surface area contributed by atoms with Crippen molar-refractivity contribution in [2.75, 3.05) is 26.2 Å². The maximum absolute atomic E-state index is 13.1. The average Bonchev–Trinajstić information content (AvgIpc) is 3.57. The van der Waals surface area contributed by atoms with Gasteiger partial charge in [-0.3, -0.25) is 9.69 Å². The van der Waals surface area contributed by atoms with Gasteiger partial charge in [0.25, 0.3) is 5.95 Å². The van der Waals surface area contributed by atoms with Gasteiger partial charge in [-0.05, 0) is 45.2 Å². The van der Waals surface area contributed by atoms with Crippen molar-refractivity contribution in [1.29, 1.82) is 0 Å². The topological polar surface area (TPSA) is 106 Å². The number of aryl methyl sites for hydroxylation is 3. The maximum Gasteiger partial charge on any atom is 0.251 e. The molecule has 0 aromatic carbocycles. The van der Waals surface area contributed by atoms with Gasteiger partial charge in [-0.25, -0.2) is 14.6 Å². The predicted molar refractivity (Wildman–Crippen MR) is 131 cm³/mol. The zero-order valence-electron chi connectivity index (χ0n) is 20.4. The minimum atomic E-state index is 0.106. The molecule has 0 bridgehead atoms. The molecule has 1 aliphatic rings. The molecule has 10 nitrogen and oxygen atoms in total. The predicted octanol–water partition coefficient (Wildman–Crippen LogP) is 2.89. The zero-order valence-corrected chi connectivity index (χ0v) is 21.2. The summed E-state index contributed by atoms with van der Waals surface area (Å²) in [5.74, 6) is 1.86. The van der Waals surface area contributed by atoms with Gasteiger partial charge in [-0.1, -0.05) is 5.16 Å². The first kappa shape index (κ1) is 23.3. The summed E-state index contributed by atoms with van der Waals surface area (Å²) in [5, 5.41) is 12.7. The fourth-order valence-electron chi connectivity index (χ4n) is 4.37. The fraction of sp³-hybridized carbons (Fsp3) is 0.417. The molecule has 1 aliphatic heterocycles. The lowest BCUT2D eigenvalue weighted by molar-refractivity contribution is -0.132. The number of aromatic nitrogens is 6. The number of amides is 1. The molecule has 11 heteroatoms. The third kappa shape index (κ3) is 5.01. The Kier molecular flexibility index (Phi) is 6.44. The summed E-state index contributed by atoms with van der Waals surface area (Å²) in [5.41, 5.74) is 5.41. The summed E-state index contributed by atoms with van der Waals surface area (Å²) < 4.78 is 7.17. The van der Waals surface area contributed by atoms with Gasteiger partial charge in [0, 0.05) is 59.8 Å². The molecule has 5 heterocycles. The van der Waals surface area contributed by atoms with Gasteiger partial charge in [0.1, 0.15) is 0 Å². The first-order chi connectivity index (χ1) is 16.9. The Hall–Kier alpha value is -3.44. The van der Waals surface area contributed by atoms with Crippen LogP contribution in [0.3, 0.4) is 0 Å². The standard InChI is InChI=1S/C24H28N8O2S/c1-15-11-16(2)26-24(25-15)32-18(4)20(17(3)28-32)12-22(33)31-8-6-30(7-9-31)13-21-27-23(29-34-21)19-5-10-35-14-19/h5,10-11,14H,6-9,12-13H2,1-4H3. The van der Waals surface area contributed by atoms with E-state index in [4.69, 9.17) is 4.52 Å². The van der Waals surface area contributed by atoms with Crippen LogP contribution >= 0.6 is 11.3 Å². The van der Waals surface area contributed by atoms with Crippen molar-refractivity contribution in [1.82, 2.24) is 39.7 Å². The van der Waals surface area contributed by atoms with Crippen molar-refractivity contribution in [3.05, 3.63) is 57.1 Å². The molecule has 1 fully saturated rings. The van der Waals surface area contributed by atoms with Crippen LogP contribution in [-0.2, 0) is 17.8 Å². The minimum Gasteiger partial charge on any atom is -0.340 e. The van der Waals surface area contributed by atoms with Gasteiger partial charge < -0.3 is 9.42 Å². The van der Waals surface area contributed by atoms with E-state index < -0.39 is 0 Å². The number of piperazine rings is 1. The second-order valence-corrected chi connectivity index (χ2v) is 9.65. The highest BCUT2D eigenvalue weighted by atomic mass is 32.1. The second-order valence-electron chi connectivity index (χ2n) is 8.87. The van der Waals surface area contributed by atoms with Crippen LogP contribution in [0.2, 0.25) is 0 Å². The molecular weight excluding hydrogens is 464 g/mol. The van der Waals surface area contributed by atoms with E-state index in [1.807, 2.05) is 55.5 Å². The van der Waals surface area contributed by atoms with E-state index in [-0.39, 0.29) is 5.91 Å². The Labute approximate surface area is 207 Å². The number of carbonyl (C=O) groups excluding carboxylic acids is 1. The Morgan fingerprint density at radius 3 is 2.49 bits per heavy atom. The molecule has 1 amide bonds. The van der Waals surface area contributed by atoms with E-state index in [1.165, 1.54) is 0 Å². The minimum absolute atomic E-state index is 0.106. The van der Waals surface area contributed by atoms with Crippen LogP contribution in [0.25, 0.3) is 17.3 Å².